The molecular weight excluding hydrogens is 272 g/mol. The zero-order valence-electron chi connectivity index (χ0n) is 11.9. The summed E-state index contributed by atoms with van der Waals surface area (Å²) in [6.07, 6.45) is 2.47. The van der Waals surface area contributed by atoms with Crippen LogP contribution in [-0.4, -0.2) is 43.2 Å². The highest BCUT2D eigenvalue weighted by molar-refractivity contribution is 5.89. The highest BCUT2D eigenvalue weighted by Gasteiger charge is 2.24. The number of ether oxygens (including phenoxy) is 1. The third-order valence-electron chi connectivity index (χ3n) is 3.24. The maximum atomic E-state index is 11.9. The largest absolute Gasteiger partial charge is 0.423 e. The van der Waals surface area contributed by atoms with E-state index >= 15 is 0 Å². The van der Waals surface area contributed by atoms with Crippen molar-refractivity contribution < 1.29 is 19.4 Å². The van der Waals surface area contributed by atoms with Crippen LogP contribution in [0.4, 0.5) is 5.69 Å². The first-order valence-electron chi connectivity index (χ1n) is 7.13. The lowest BCUT2D eigenvalue weighted by molar-refractivity contribution is -0.133. The van der Waals surface area contributed by atoms with Gasteiger partial charge in [-0.15, -0.1) is 0 Å². The quantitative estimate of drug-likeness (QED) is 0.439. The highest BCUT2D eigenvalue weighted by atomic mass is 16.5. The molecule has 2 rings (SSSR count). The third kappa shape index (κ3) is 4.46. The minimum Gasteiger partial charge on any atom is -0.423 e. The average molecular weight is 292 g/mol. The fourth-order valence-corrected chi connectivity index (χ4v) is 2.21. The Morgan fingerprint density at radius 2 is 2.10 bits per heavy atom. The van der Waals surface area contributed by atoms with Crippen molar-refractivity contribution in [3.8, 4) is 5.75 Å². The topological polar surface area (TPSA) is 78.9 Å². The number of anilines is 1. The van der Waals surface area contributed by atoms with Crippen molar-refractivity contribution in [2.24, 2.45) is 0 Å². The van der Waals surface area contributed by atoms with Gasteiger partial charge >= 0.3 is 5.97 Å². The van der Waals surface area contributed by atoms with Gasteiger partial charge in [-0.25, -0.2) is 4.79 Å². The Morgan fingerprint density at radius 1 is 1.29 bits per heavy atom. The zero-order valence-corrected chi connectivity index (χ0v) is 11.9. The standard InChI is InChI=1S/C15H20N2O4/c18-9-5-1-4-8-16-14(19)10-17-11-15(20)21-13-7-3-2-6-12(13)17/h2-3,6-7,18H,1,4-5,8-11H2,(H,16,19). The van der Waals surface area contributed by atoms with Crippen molar-refractivity contribution in [2.45, 2.75) is 19.3 Å². The van der Waals surface area contributed by atoms with Crippen molar-refractivity contribution in [3.63, 3.8) is 0 Å². The van der Waals surface area contributed by atoms with Gasteiger partial charge in [-0.2, -0.15) is 0 Å². The van der Waals surface area contributed by atoms with E-state index in [2.05, 4.69) is 5.32 Å². The van der Waals surface area contributed by atoms with E-state index in [-0.39, 0.29) is 31.6 Å². The summed E-state index contributed by atoms with van der Waals surface area (Å²) in [5.41, 5.74) is 0.757. The molecule has 1 aromatic carbocycles. The van der Waals surface area contributed by atoms with Crippen LogP contribution in [-0.2, 0) is 9.59 Å². The highest BCUT2D eigenvalue weighted by Crippen LogP contribution is 2.30. The summed E-state index contributed by atoms with van der Waals surface area (Å²) in [6, 6.07) is 7.18. The van der Waals surface area contributed by atoms with E-state index in [1.165, 1.54) is 0 Å². The summed E-state index contributed by atoms with van der Waals surface area (Å²) in [7, 11) is 0. The molecule has 0 fully saturated rings. The Labute approximate surface area is 123 Å². The van der Waals surface area contributed by atoms with Gasteiger partial charge in [0.15, 0.2) is 5.75 Å². The number of rotatable bonds is 7. The molecule has 0 spiro atoms. The lowest BCUT2D eigenvalue weighted by Crippen LogP contribution is -2.43. The third-order valence-corrected chi connectivity index (χ3v) is 3.24. The Hall–Kier alpha value is -2.08. The number of nitrogens with zero attached hydrogens (tertiary/aromatic N) is 1. The molecule has 0 aliphatic carbocycles. The van der Waals surface area contributed by atoms with Crippen LogP contribution >= 0.6 is 0 Å². The number of fused-ring (bicyclic) bond motifs is 1. The number of amides is 1. The van der Waals surface area contributed by atoms with E-state index in [1.807, 2.05) is 12.1 Å². The fraction of sp³-hybridized carbons (Fsp3) is 0.467. The van der Waals surface area contributed by atoms with Crippen LogP contribution < -0.4 is 15.0 Å². The summed E-state index contributed by atoms with van der Waals surface area (Å²) < 4.78 is 5.13. The smallest absolute Gasteiger partial charge is 0.331 e. The van der Waals surface area contributed by atoms with Gasteiger partial charge in [-0.1, -0.05) is 12.1 Å². The van der Waals surface area contributed by atoms with Crippen LogP contribution in [0.15, 0.2) is 24.3 Å². The fourth-order valence-electron chi connectivity index (χ4n) is 2.21. The maximum absolute atomic E-state index is 11.9. The Balaban J connectivity index is 1.85. The number of esters is 1. The van der Waals surface area contributed by atoms with E-state index in [4.69, 9.17) is 9.84 Å². The summed E-state index contributed by atoms with van der Waals surface area (Å²) in [5.74, 6) is 0.0115. The van der Waals surface area contributed by atoms with Gasteiger partial charge in [0.2, 0.25) is 5.91 Å². The van der Waals surface area contributed by atoms with Gasteiger partial charge in [0.1, 0.15) is 6.54 Å². The lowest BCUT2D eigenvalue weighted by Gasteiger charge is -2.29. The first kappa shape index (κ1) is 15.3. The molecule has 0 bridgehead atoms. The number of para-hydroxylation sites is 2. The van der Waals surface area contributed by atoms with E-state index in [1.54, 1.807) is 17.0 Å². The van der Waals surface area contributed by atoms with Crippen LogP contribution in [0.1, 0.15) is 19.3 Å². The van der Waals surface area contributed by atoms with Gasteiger partial charge in [0, 0.05) is 13.2 Å². The zero-order chi connectivity index (χ0) is 15.1. The summed E-state index contributed by atoms with van der Waals surface area (Å²) >= 11 is 0. The number of hydrogen-bond donors (Lipinski definition) is 2. The Kier molecular flexibility index (Phi) is 5.57. The molecule has 0 saturated carbocycles. The lowest BCUT2D eigenvalue weighted by atomic mass is 10.2. The molecule has 0 radical (unpaired) electrons. The minimum absolute atomic E-state index is 0.0783. The van der Waals surface area contributed by atoms with Crippen molar-refractivity contribution >= 4 is 17.6 Å². The average Bonchev–Trinajstić information content (AvgIpc) is 2.47. The Bertz CT molecular complexity index is 504. The molecule has 6 nitrogen and oxygen atoms in total. The molecule has 0 saturated heterocycles. The molecule has 6 heteroatoms. The van der Waals surface area contributed by atoms with Gasteiger partial charge in [-0.3, -0.25) is 4.79 Å². The maximum Gasteiger partial charge on any atom is 0.331 e. The number of aliphatic hydroxyl groups excluding tert-OH is 1. The number of hydrogen-bond acceptors (Lipinski definition) is 5. The molecule has 0 atom stereocenters. The van der Waals surface area contributed by atoms with Gasteiger partial charge in [-0.05, 0) is 31.4 Å². The number of carbonyl (C=O) groups excluding carboxylic acids is 2. The number of carbonyl (C=O) groups is 2. The second kappa shape index (κ2) is 7.64. The molecule has 1 aliphatic heterocycles. The Morgan fingerprint density at radius 3 is 2.90 bits per heavy atom. The second-order valence-corrected chi connectivity index (χ2v) is 4.93. The van der Waals surface area contributed by atoms with Gasteiger partial charge < -0.3 is 20.1 Å². The number of unbranched alkanes of at least 4 members (excludes halogenated alkanes) is 2. The van der Waals surface area contributed by atoms with Gasteiger partial charge in [0.25, 0.3) is 0 Å². The molecule has 0 unspecified atom stereocenters. The first-order chi connectivity index (χ1) is 10.2. The molecule has 1 heterocycles. The van der Waals surface area contributed by atoms with Crippen LogP contribution in [0, 0.1) is 0 Å². The first-order valence-corrected chi connectivity index (χ1v) is 7.13. The number of aliphatic hydroxyl groups is 1. The SMILES string of the molecule is O=C(CN1CC(=O)Oc2ccccc21)NCCCCCO. The van der Waals surface area contributed by atoms with Crippen LogP contribution in [0.5, 0.6) is 5.75 Å². The van der Waals surface area contributed by atoms with Crippen molar-refractivity contribution in [1.82, 2.24) is 5.32 Å². The summed E-state index contributed by atoms with van der Waals surface area (Å²) in [4.78, 5) is 25.1. The van der Waals surface area contributed by atoms with Crippen LogP contribution in [0.2, 0.25) is 0 Å². The summed E-state index contributed by atoms with van der Waals surface area (Å²) in [6.45, 7) is 0.973. The molecule has 0 aromatic heterocycles. The monoisotopic (exact) mass is 292 g/mol. The summed E-state index contributed by atoms with van der Waals surface area (Å²) in [5, 5.41) is 11.5. The van der Waals surface area contributed by atoms with E-state index in [0.717, 1.165) is 24.9 Å². The van der Waals surface area contributed by atoms with E-state index in [9.17, 15) is 9.59 Å². The van der Waals surface area contributed by atoms with E-state index in [0.29, 0.717) is 12.3 Å². The predicted molar refractivity (Wildman–Crippen MR) is 78.2 cm³/mol. The molecule has 2 N–H and O–H groups in total. The molecule has 1 aliphatic rings. The minimum atomic E-state index is -0.357. The predicted octanol–water partition coefficient (Wildman–Crippen LogP) is 0.691. The number of benzene rings is 1. The second-order valence-electron chi connectivity index (χ2n) is 4.93. The van der Waals surface area contributed by atoms with E-state index < -0.39 is 0 Å². The number of nitrogens with one attached hydrogen (secondary N) is 1. The van der Waals surface area contributed by atoms with Crippen molar-refractivity contribution in [3.05, 3.63) is 24.3 Å². The van der Waals surface area contributed by atoms with Crippen LogP contribution in [0.3, 0.4) is 0 Å². The molecule has 1 aromatic rings. The molecular formula is C15H20N2O4. The normalized spacial score (nSPS) is 13.6. The van der Waals surface area contributed by atoms with Gasteiger partial charge in [0.05, 0.1) is 12.2 Å². The van der Waals surface area contributed by atoms with Crippen LogP contribution in [0.25, 0.3) is 0 Å². The molecule has 114 valence electrons. The van der Waals surface area contributed by atoms with Crippen molar-refractivity contribution in [1.29, 1.82) is 0 Å². The molecule has 1 amide bonds. The van der Waals surface area contributed by atoms with Crippen molar-refractivity contribution in [2.75, 3.05) is 31.1 Å². The molecule has 21 heavy (non-hydrogen) atoms.